The van der Waals surface area contributed by atoms with Crippen molar-refractivity contribution in [2.75, 3.05) is 50.0 Å². The van der Waals surface area contributed by atoms with Gasteiger partial charge in [-0.1, -0.05) is 6.07 Å². The van der Waals surface area contributed by atoms with E-state index in [1.165, 1.54) is 12.1 Å². The van der Waals surface area contributed by atoms with Gasteiger partial charge in [-0.2, -0.15) is 22.5 Å². The van der Waals surface area contributed by atoms with Crippen LogP contribution in [0.25, 0.3) is 0 Å². The minimum absolute atomic E-state index is 0.228. The highest BCUT2D eigenvalue weighted by molar-refractivity contribution is 5.57. The Morgan fingerprint density at radius 1 is 1.20 bits per heavy atom. The maximum absolute atomic E-state index is 13.1. The number of halogens is 4. The van der Waals surface area contributed by atoms with Crippen molar-refractivity contribution in [3.63, 3.8) is 0 Å². The minimum Gasteiger partial charge on any atom is -0.428 e. The minimum atomic E-state index is -4.57. The number of anilines is 3. The topological polar surface area (TPSA) is 71.5 Å². The summed E-state index contributed by atoms with van der Waals surface area (Å²) in [5, 5.41) is 6.05. The Bertz CT molecular complexity index is 806. The first kappa shape index (κ1) is 22.0. The number of rotatable bonds is 10. The van der Waals surface area contributed by atoms with Crippen molar-refractivity contribution in [2.24, 2.45) is 0 Å². The highest BCUT2D eigenvalue weighted by Crippen LogP contribution is 2.29. The van der Waals surface area contributed by atoms with E-state index in [0.717, 1.165) is 51.9 Å². The molecule has 0 atom stereocenters. The van der Waals surface area contributed by atoms with Gasteiger partial charge in [-0.15, -0.1) is 0 Å². The van der Waals surface area contributed by atoms with Gasteiger partial charge in [0.05, 0.1) is 13.2 Å². The largest absolute Gasteiger partial charge is 0.461 e. The van der Waals surface area contributed by atoms with E-state index in [2.05, 4.69) is 30.2 Å². The molecular formula is C19H23F4N5O2. The van der Waals surface area contributed by atoms with E-state index < -0.39 is 18.3 Å². The van der Waals surface area contributed by atoms with Gasteiger partial charge in [0.2, 0.25) is 5.95 Å². The highest BCUT2D eigenvalue weighted by Gasteiger charge is 2.43. The number of alkyl halides is 4. The van der Waals surface area contributed by atoms with Crippen LogP contribution >= 0.6 is 0 Å². The smallest absolute Gasteiger partial charge is 0.428 e. The molecule has 1 fully saturated rings. The van der Waals surface area contributed by atoms with Crippen LogP contribution in [0.5, 0.6) is 5.75 Å². The summed E-state index contributed by atoms with van der Waals surface area (Å²) in [7, 11) is 0. The van der Waals surface area contributed by atoms with Crippen molar-refractivity contribution in [3.05, 3.63) is 36.5 Å². The molecule has 2 heterocycles. The molecule has 30 heavy (non-hydrogen) atoms. The Labute approximate surface area is 171 Å². The normalized spacial score (nSPS) is 15.2. The second-order valence-corrected chi connectivity index (χ2v) is 6.62. The molecule has 1 aliphatic heterocycles. The van der Waals surface area contributed by atoms with Crippen molar-refractivity contribution in [3.8, 4) is 5.75 Å². The van der Waals surface area contributed by atoms with Crippen LogP contribution in [0.2, 0.25) is 0 Å². The van der Waals surface area contributed by atoms with Gasteiger partial charge in [-0.05, 0) is 31.2 Å². The summed E-state index contributed by atoms with van der Waals surface area (Å²) in [5.74, 6) is 0.430. The fourth-order valence-electron chi connectivity index (χ4n) is 2.83. The molecule has 0 aliphatic carbocycles. The molecular weight excluding hydrogens is 406 g/mol. The molecule has 2 N–H and O–H groups in total. The molecule has 1 saturated heterocycles. The first-order valence-electron chi connectivity index (χ1n) is 9.51. The van der Waals surface area contributed by atoms with E-state index in [4.69, 9.17) is 4.74 Å². The number of morpholine rings is 1. The van der Waals surface area contributed by atoms with E-state index in [-0.39, 0.29) is 5.95 Å². The van der Waals surface area contributed by atoms with Gasteiger partial charge < -0.3 is 20.1 Å². The molecule has 3 rings (SSSR count). The SMILES string of the molecule is FC(F)C(F)(F)Oc1cccc(Nc2nccc(NCCCN3CCOCC3)n2)c1. The fourth-order valence-corrected chi connectivity index (χ4v) is 2.83. The standard InChI is InChI=1S/C19H23F4N5O2/c20-17(21)19(22,23)30-15-4-1-3-14(13-15)26-18-25-7-5-16(27-18)24-6-2-8-28-9-11-29-12-10-28/h1,3-5,7,13,17H,2,6,8-12H2,(H2,24,25,26,27). The molecule has 0 saturated carbocycles. The van der Waals surface area contributed by atoms with E-state index in [0.29, 0.717) is 11.5 Å². The first-order chi connectivity index (χ1) is 14.4. The predicted octanol–water partition coefficient (Wildman–Crippen LogP) is 3.59. The van der Waals surface area contributed by atoms with Crippen LogP contribution in [-0.2, 0) is 4.74 Å². The Hall–Kier alpha value is -2.66. The van der Waals surface area contributed by atoms with Crippen molar-refractivity contribution in [1.29, 1.82) is 0 Å². The summed E-state index contributed by atoms with van der Waals surface area (Å²) in [6, 6.07) is 6.99. The summed E-state index contributed by atoms with van der Waals surface area (Å²) in [4.78, 5) is 10.7. The van der Waals surface area contributed by atoms with Crippen LogP contribution in [0, 0.1) is 0 Å². The van der Waals surface area contributed by atoms with Gasteiger partial charge in [-0.25, -0.2) is 4.98 Å². The van der Waals surface area contributed by atoms with E-state index >= 15 is 0 Å². The summed E-state index contributed by atoms with van der Waals surface area (Å²) >= 11 is 0. The van der Waals surface area contributed by atoms with Gasteiger partial charge in [0, 0.05) is 37.6 Å². The van der Waals surface area contributed by atoms with Crippen molar-refractivity contribution in [2.45, 2.75) is 19.0 Å². The van der Waals surface area contributed by atoms with Gasteiger partial charge in [0.1, 0.15) is 11.6 Å². The average Bonchev–Trinajstić information content (AvgIpc) is 2.72. The lowest BCUT2D eigenvalue weighted by Gasteiger charge is -2.26. The lowest BCUT2D eigenvalue weighted by Crippen LogP contribution is -2.37. The Morgan fingerprint density at radius 3 is 2.77 bits per heavy atom. The molecule has 0 radical (unpaired) electrons. The zero-order chi connectivity index (χ0) is 21.4. The maximum atomic E-state index is 13.1. The van der Waals surface area contributed by atoms with Crippen molar-refractivity contribution < 1.29 is 27.0 Å². The molecule has 1 aromatic heterocycles. The molecule has 11 heteroatoms. The number of nitrogens with one attached hydrogen (secondary N) is 2. The summed E-state index contributed by atoms with van der Waals surface area (Å²) < 4.78 is 60.2. The van der Waals surface area contributed by atoms with Crippen LogP contribution in [0.4, 0.5) is 35.0 Å². The maximum Gasteiger partial charge on any atom is 0.461 e. The quantitative estimate of drug-likeness (QED) is 0.442. The molecule has 2 aromatic rings. The van der Waals surface area contributed by atoms with E-state index in [9.17, 15) is 17.6 Å². The first-order valence-corrected chi connectivity index (χ1v) is 9.51. The third-order valence-corrected chi connectivity index (χ3v) is 4.31. The average molecular weight is 429 g/mol. The molecule has 7 nitrogen and oxygen atoms in total. The number of benzene rings is 1. The number of aromatic nitrogens is 2. The Balaban J connectivity index is 1.51. The lowest BCUT2D eigenvalue weighted by molar-refractivity contribution is -0.253. The van der Waals surface area contributed by atoms with Crippen LogP contribution in [0.15, 0.2) is 36.5 Å². The molecule has 0 bridgehead atoms. The Morgan fingerprint density at radius 2 is 2.00 bits per heavy atom. The Kier molecular flexibility index (Phi) is 7.63. The van der Waals surface area contributed by atoms with Crippen molar-refractivity contribution >= 4 is 17.5 Å². The molecule has 0 unspecified atom stereocenters. The summed E-state index contributed by atoms with van der Waals surface area (Å²) in [6.45, 7) is 5.09. The summed E-state index contributed by atoms with van der Waals surface area (Å²) in [5.41, 5.74) is 0.321. The van der Waals surface area contributed by atoms with Gasteiger partial charge in [0.25, 0.3) is 0 Å². The second kappa shape index (κ2) is 10.4. The number of nitrogens with zero attached hydrogens (tertiary/aromatic N) is 3. The zero-order valence-corrected chi connectivity index (χ0v) is 16.2. The number of hydrogen-bond acceptors (Lipinski definition) is 7. The highest BCUT2D eigenvalue weighted by atomic mass is 19.3. The van der Waals surface area contributed by atoms with Crippen LogP contribution in [0.1, 0.15) is 6.42 Å². The molecule has 0 spiro atoms. The van der Waals surface area contributed by atoms with E-state index in [1.54, 1.807) is 18.3 Å². The second-order valence-electron chi connectivity index (χ2n) is 6.62. The molecule has 0 amide bonds. The monoisotopic (exact) mass is 429 g/mol. The van der Waals surface area contributed by atoms with Crippen LogP contribution in [-0.4, -0.2) is 66.8 Å². The number of ether oxygens (including phenoxy) is 2. The summed E-state index contributed by atoms with van der Waals surface area (Å²) in [6.07, 6.45) is -6.02. The molecule has 1 aromatic carbocycles. The van der Waals surface area contributed by atoms with Crippen LogP contribution in [0.3, 0.4) is 0 Å². The zero-order valence-electron chi connectivity index (χ0n) is 16.2. The third-order valence-electron chi connectivity index (χ3n) is 4.31. The van der Waals surface area contributed by atoms with E-state index in [1.807, 2.05) is 0 Å². The molecule has 1 aliphatic rings. The lowest BCUT2D eigenvalue weighted by atomic mass is 10.3. The molecule has 164 valence electrons. The van der Waals surface area contributed by atoms with Gasteiger partial charge in [-0.3, -0.25) is 4.90 Å². The van der Waals surface area contributed by atoms with Crippen LogP contribution < -0.4 is 15.4 Å². The fraction of sp³-hybridized carbons (Fsp3) is 0.474. The number of hydrogen-bond donors (Lipinski definition) is 2. The van der Waals surface area contributed by atoms with Gasteiger partial charge in [0.15, 0.2) is 0 Å². The van der Waals surface area contributed by atoms with Gasteiger partial charge >= 0.3 is 12.5 Å². The predicted molar refractivity (Wildman–Crippen MR) is 104 cm³/mol. The van der Waals surface area contributed by atoms with Crippen molar-refractivity contribution in [1.82, 2.24) is 14.9 Å². The third kappa shape index (κ3) is 6.70.